The van der Waals surface area contributed by atoms with E-state index in [4.69, 9.17) is 0 Å². The van der Waals surface area contributed by atoms with Crippen LogP contribution in [0.25, 0.3) is 0 Å². The number of allylic oxidation sites excluding steroid dienone is 2. The number of nitrogens with zero attached hydrogens (tertiary/aromatic N) is 1. The molecular formula is C9H15NO. The van der Waals surface area contributed by atoms with E-state index < -0.39 is 0 Å². The maximum Gasteiger partial charge on any atom is 0.160 e. The summed E-state index contributed by atoms with van der Waals surface area (Å²) in [6.07, 6.45) is 3.40. The van der Waals surface area contributed by atoms with Crippen molar-refractivity contribution >= 4 is 12.0 Å². The number of carbonyl (C=O) groups is 1. The van der Waals surface area contributed by atoms with Gasteiger partial charge in [-0.3, -0.25) is 9.79 Å². The molecule has 0 heterocycles. The molecule has 2 nitrogen and oxygen atoms in total. The van der Waals surface area contributed by atoms with E-state index in [0.717, 1.165) is 0 Å². The second-order valence-corrected chi connectivity index (χ2v) is 2.67. The van der Waals surface area contributed by atoms with Crippen LogP contribution in [-0.4, -0.2) is 18.0 Å². The highest BCUT2D eigenvalue weighted by Gasteiger charge is 1.97. The summed E-state index contributed by atoms with van der Waals surface area (Å²) in [5, 5.41) is 0. The van der Waals surface area contributed by atoms with Gasteiger partial charge in [0, 0.05) is 17.8 Å². The van der Waals surface area contributed by atoms with Crippen molar-refractivity contribution in [2.24, 2.45) is 4.99 Å². The maximum absolute atomic E-state index is 10.8. The Bertz CT molecular complexity index is 190. The fourth-order valence-corrected chi connectivity index (χ4v) is 0.598. The van der Waals surface area contributed by atoms with Gasteiger partial charge in [0.1, 0.15) is 0 Å². The number of ketones is 1. The lowest BCUT2D eigenvalue weighted by Gasteiger charge is -1.95. The largest absolute Gasteiger partial charge is 0.294 e. The molecule has 0 aromatic carbocycles. The van der Waals surface area contributed by atoms with Crippen LogP contribution in [0.15, 0.2) is 16.6 Å². The molecule has 0 unspecified atom stereocenters. The topological polar surface area (TPSA) is 29.4 Å². The van der Waals surface area contributed by atoms with Crippen LogP contribution in [0, 0.1) is 0 Å². The van der Waals surface area contributed by atoms with Gasteiger partial charge in [0.2, 0.25) is 0 Å². The Balaban J connectivity index is 4.22. The second-order valence-electron chi connectivity index (χ2n) is 2.67. The molecule has 0 aliphatic carbocycles. The quantitative estimate of drug-likeness (QED) is 0.450. The van der Waals surface area contributed by atoms with Gasteiger partial charge >= 0.3 is 0 Å². The zero-order valence-electron chi connectivity index (χ0n) is 7.59. The van der Waals surface area contributed by atoms with Crippen molar-refractivity contribution in [3.63, 3.8) is 0 Å². The number of rotatable bonds is 3. The first-order valence-electron chi connectivity index (χ1n) is 3.78. The monoisotopic (exact) mass is 153 g/mol. The molecule has 0 saturated carbocycles. The first kappa shape index (κ1) is 10.1. The average molecular weight is 153 g/mol. The molecule has 0 radical (unpaired) electrons. The highest BCUT2D eigenvalue weighted by Crippen LogP contribution is 1.93. The fraction of sp³-hybridized carbons (Fsp3) is 0.556. The first-order valence-corrected chi connectivity index (χ1v) is 3.78. The predicted molar refractivity (Wildman–Crippen MR) is 48.1 cm³/mol. The molecule has 62 valence electrons. The molecule has 2 heteroatoms. The summed E-state index contributed by atoms with van der Waals surface area (Å²) < 4.78 is 0. The van der Waals surface area contributed by atoms with Crippen LogP contribution in [-0.2, 0) is 4.79 Å². The number of hydrogen-bond donors (Lipinski definition) is 0. The molecule has 0 bridgehead atoms. The van der Waals surface area contributed by atoms with Gasteiger partial charge in [-0.15, -0.1) is 0 Å². The summed E-state index contributed by atoms with van der Waals surface area (Å²) in [7, 11) is 0. The zero-order chi connectivity index (χ0) is 8.85. The number of aliphatic imine (C=N–C) groups is 1. The Labute approximate surface area is 68.0 Å². The van der Waals surface area contributed by atoms with Gasteiger partial charge in [-0.1, -0.05) is 6.08 Å². The summed E-state index contributed by atoms with van der Waals surface area (Å²) in [4.78, 5) is 14.9. The Morgan fingerprint density at radius 3 is 2.27 bits per heavy atom. The minimum absolute atomic E-state index is 0.0666. The van der Waals surface area contributed by atoms with Crippen LogP contribution in [0.1, 0.15) is 27.7 Å². The third-order valence-electron chi connectivity index (χ3n) is 1.23. The number of Topliss-reactive ketones (excluding diaryl/α,β-unsaturated/α-hetero) is 1. The molecule has 0 aromatic heterocycles. The van der Waals surface area contributed by atoms with Gasteiger partial charge in [0.05, 0.1) is 0 Å². The highest BCUT2D eigenvalue weighted by molar-refractivity contribution is 6.12. The lowest BCUT2D eigenvalue weighted by atomic mass is 10.2. The molecule has 0 amide bonds. The number of hydrogen-bond acceptors (Lipinski definition) is 2. The van der Waals surface area contributed by atoms with E-state index >= 15 is 0 Å². The molecular weight excluding hydrogens is 138 g/mol. The van der Waals surface area contributed by atoms with E-state index in [9.17, 15) is 4.79 Å². The van der Waals surface area contributed by atoms with E-state index in [0.29, 0.717) is 5.57 Å². The normalized spacial score (nSPS) is 13.0. The third kappa shape index (κ3) is 4.48. The number of carbonyl (C=O) groups excluding carboxylic acids is 1. The van der Waals surface area contributed by atoms with Gasteiger partial charge in [0.15, 0.2) is 5.78 Å². The molecule has 0 saturated heterocycles. The standard InChI is InChI=1S/C9H15NO/c1-5-9(8(4)11)6-10-7(2)3/h5-7H,1-4H3/b9-5+,10-6-. The van der Waals surface area contributed by atoms with Gasteiger partial charge < -0.3 is 0 Å². The summed E-state index contributed by atoms with van der Waals surface area (Å²) in [5.41, 5.74) is 0.679. The van der Waals surface area contributed by atoms with Gasteiger partial charge in [-0.25, -0.2) is 0 Å². The summed E-state index contributed by atoms with van der Waals surface area (Å²) in [5.74, 6) is 0.0666. The molecule has 0 aliphatic heterocycles. The lowest BCUT2D eigenvalue weighted by molar-refractivity contribution is -0.113. The first-order chi connectivity index (χ1) is 5.07. The van der Waals surface area contributed by atoms with Crippen molar-refractivity contribution in [2.75, 3.05) is 0 Å². The Morgan fingerprint density at radius 2 is 2.00 bits per heavy atom. The molecule has 0 spiro atoms. The third-order valence-corrected chi connectivity index (χ3v) is 1.23. The minimum atomic E-state index is 0.0666. The van der Waals surface area contributed by atoms with Crippen molar-refractivity contribution in [2.45, 2.75) is 33.7 Å². The lowest BCUT2D eigenvalue weighted by Crippen LogP contribution is -1.99. The van der Waals surface area contributed by atoms with Crippen molar-refractivity contribution in [3.8, 4) is 0 Å². The van der Waals surface area contributed by atoms with E-state index in [1.54, 1.807) is 19.2 Å². The molecule has 0 atom stereocenters. The van der Waals surface area contributed by atoms with E-state index in [-0.39, 0.29) is 11.8 Å². The maximum atomic E-state index is 10.8. The van der Waals surface area contributed by atoms with Crippen LogP contribution in [0.4, 0.5) is 0 Å². The minimum Gasteiger partial charge on any atom is -0.294 e. The van der Waals surface area contributed by atoms with Gasteiger partial charge in [0.25, 0.3) is 0 Å². The molecule has 11 heavy (non-hydrogen) atoms. The highest BCUT2D eigenvalue weighted by atomic mass is 16.1. The van der Waals surface area contributed by atoms with Crippen LogP contribution in [0.2, 0.25) is 0 Å². The van der Waals surface area contributed by atoms with Gasteiger partial charge in [-0.05, 0) is 27.7 Å². The van der Waals surface area contributed by atoms with Crippen molar-refractivity contribution < 1.29 is 4.79 Å². The molecule has 0 rings (SSSR count). The fourth-order valence-electron chi connectivity index (χ4n) is 0.598. The molecule has 0 aliphatic rings. The van der Waals surface area contributed by atoms with Crippen molar-refractivity contribution in [3.05, 3.63) is 11.6 Å². The molecule has 0 aromatic rings. The molecule has 0 N–H and O–H groups in total. The van der Waals surface area contributed by atoms with Crippen LogP contribution in [0.3, 0.4) is 0 Å². The Hall–Kier alpha value is -0.920. The van der Waals surface area contributed by atoms with Crippen LogP contribution >= 0.6 is 0 Å². The van der Waals surface area contributed by atoms with E-state index in [1.807, 2.05) is 20.8 Å². The molecule has 0 fully saturated rings. The Morgan fingerprint density at radius 1 is 1.45 bits per heavy atom. The Kier molecular flexibility index (Phi) is 4.42. The van der Waals surface area contributed by atoms with E-state index in [2.05, 4.69) is 4.99 Å². The van der Waals surface area contributed by atoms with Gasteiger partial charge in [-0.2, -0.15) is 0 Å². The van der Waals surface area contributed by atoms with Crippen molar-refractivity contribution in [1.29, 1.82) is 0 Å². The summed E-state index contributed by atoms with van der Waals surface area (Å²) in [6.45, 7) is 7.33. The van der Waals surface area contributed by atoms with Crippen molar-refractivity contribution in [1.82, 2.24) is 0 Å². The SMILES string of the molecule is C/C=C(\C=N/C(C)C)C(C)=O. The van der Waals surface area contributed by atoms with Crippen LogP contribution in [0.5, 0.6) is 0 Å². The van der Waals surface area contributed by atoms with E-state index in [1.165, 1.54) is 0 Å². The smallest absolute Gasteiger partial charge is 0.160 e. The predicted octanol–water partition coefficient (Wildman–Crippen LogP) is 2.00. The second kappa shape index (κ2) is 4.83. The summed E-state index contributed by atoms with van der Waals surface area (Å²) in [6, 6.07) is 0.254. The average Bonchev–Trinajstić information content (AvgIpc) is 1.87. The van der Waals surface area contributed by atoms with Crippen LogP contribution < -0.4 is 0 Å². The summed E-state index contributed by atoms with van der Waals surface area (Å²) >= 11 is 0. The zero-order valence-corrected chi connectivity index (χ0v) is 7.59.